The average Bonchev–Trinajstić information content (AvgIpc) is 3.08. The van der Waals surface area contributed by atoms with E-state index >= 15 is 0 Å². The first-order chi connectivity index (χ1) is 11.8. The number of benzene rings is 1. The summed E-state index contributed by atoms with van der Waals surface area (Å²) in [6, 6.07) is 8.51. The topological polar surface area (TPSA) is 49.3 Å². The first-order valence-electron chi connectivity index (χ1n) is 8.79. The van der Waals surface area contributed by atoms with Crippen molar-refractivity contribution in [3.63, 3.8) is 0 Å². The molecule has 2 N–H and O–H groups in total. The molecule has 0 unspecified atom stereocenters. The van der Waals surface area contributed by atoms with Crippen LogP contribution < -0.4 is 10.6 Å². The summed E-state index contributed by atoms with van der Waals surface area (Å²) in [6.07, 6.45) is 5.02. The van der Waals surface area contributed by atoms with Crippen LogP contribution in [0.1, 0.15) is 41.8 Å². The van der Waals surface area contributed by atoms with Crippen molar-refractivity contribution in [1.82, 2.24) is 15.6 Å². The Morgan fingerprint density at radius 3 is 2.48 bits per heavy atom. The maximum atomic E-state index is 4.72. The largest absolute Gasteiger partial charge is 0.357 e. The van der Waals surface area contributed by atoms with Gasteiger partial charge in [-0.2, -0.15) is 0 Å². The van der Waals surface area contributed by atoms with E-state index in [-0.39, 0.29) is 24.0 Å². The van der Waals surface area contributed by atoms with Crippen molar-refractivity contribution in [2.75, 3.05) is 13.1 Å². The van der Waals surface area contributed by atoms with E-state index in [0.29, 0.717) is 6.54 Å². The molecule has 0 aliphatic heterocycles. The molecular formula is C19H29IN4S. The van der Waals surface area contributed by atoms with Gasteiger partial charge in [-0.15, -0.1) is 35.3 Å². The summed E-state index contributed by atoms with van der Waals surface area (Å²) >= 11 is 1.80. The zero-order chi connectivity index (χ0) is 17.2. The first kappa shape index (κ1) is 21.9. The lowest BCUT2D eigenvalue weighted by atomic mass is 10.1. The number of aryl methyl sites for hydroxylation is 2. The standard InChI is InChI=1S/C19H28N4S.HI/c1-4-15-9-7-8-10-16(15)13-23-19(20-6-3)21-12-11-18-22-14-17(5-2)24-18;/h7-10,14H,4-6,11-13H2,1-3H3,(H2,20,21,23);1H. The molecule has 1 aromatic carbocycles. The van der Waals surface area contributed by atoms with Gasteiger partial charge in [-0.05, 0) is 30.9 Å². The number of aliphatic imine (C=N–C) groups is 1. The number of guanidine groups is 1. The molecule has 2 rings (SSSR count). The molecule has 0 aliphatic carbocycles. The van der Waals surface area contributed by atoms with Crippen molar-refractivity contribution in [2.24, 2.45) is 4.99 Å². The number of aromatic nitrogens is 1. The molecule has 0 bridgehead atoms. The normalized spacial score (nSPS) is 11.1. The van der Waals surface area contributed by atoms with Gasteiger partial charge in [0.2, 0.25) is 0 Å². The molecule has 0 fully saturated rings. The summed E-state index contributed by atoms with van der Waals surface area (Å²) in [6.45, 7) is 8.85. The maximum Gasteiger partial charge on any atom is 0.191 e. The molecule has 4 nitrogen and oxygen atoms in total. The zero-order valence-electron chi connectivity index (χ0n) is 15.3. The fourth-order valence-corrected chi connectivity index (χ4v) is 3.34. The van der Waals surface area contributed by atoms with E-state index in [4.69, 9.17) is 4.99 Å². The number of thiazole rings is 1. The van der Waals surface area contributed by atoms with Crippen LogP contribution in [0, 0.1) is 0 Å². The second-order valence-electron chi connectivity index (χ2n) is 5.57. The van der Waals surface area contributed by atoms with E-state index in [1.54, 1.807) is 11.3 Å². The summed E-state index contributed by atoms with van der Waals surface area (Å²) in [7, 11) is 0. The number of nitrogens with zero attached hydrogens (tertiary/aromatic N) is 2. The number of halogens is 1. The quantitative estimate of drug-likeness (QED) is 0.344. The monoisotopic (exact) mass is 472 g/mol. The minimum atomic E-state index is 0. The van der Waals surface area contributed by atoms with E-state index in [2.05, 4.69) is 60.7 Å². The molecule has 1 aromatic heterocycles. The molecule has 6 heteroatoms. The summed E-state index contributed by atoms with van der Waals surface area (Å²) in [5.74, 6) is 0.871. The van der Waals surface area contributed by atoms with Crippen LogP contribution in [0.25, 0.3) is 0 Å². The molecule has 0 atom stereocenters. The van der Waals surface area contributed by atoms with Crippen LogP contribution in [0.15, 0.2) is 35.5 Å². The van der Waals surface area contributed by atoms with Crippen molar-refractivity contribution in [3.8, 4) is 0 Å². The minimum Gasteiger partial charge on any atom is -0.357 e. The molecular weight excluding hydrogens is 443 g/mol. The minimum absolute atomic E-state index is 0. The highest BCUT2D eigenvalue weighted by molar-refractivity contribution is 14.0. The molecule has 0 saturated carbocycles. The predicted molar refractivity (Wildman–Crippen MR) is 119 cm³/mol. The molecule has 0 radical (unpaired) electrons. The van der Waals surface area contributed by atoms with E-state index in [0.717, 1.165) is 38.3 Å². The molecule has 0 spiro atoms. The molecule has 0 aliphatic rings. The van der Waals surface area contributed by atoms with Crippen LogP contribution in [-0.4, -0.2) is 24.0 Å². The van der Waals surface area contributed by atoms with Crippen LogP contribution >= 0.6 is 35.3 Å². The second kappa shape index (κ2) is 12.2. The highest BCUT2D eigenvalue weighted by Crippen LogP contribution is 2.13. The summed E-state index contributed by atoms with van der Waals surface area (Å²) in [5.41, 5.74) is 2.66. The lowest BCUT2D eigenvalue weighted by molar-refractivity contribution is 0.795. The van der Waals surface area contributed by atoms with Crippen molar-refractivity contribution >= 4 is 41.3 Å². The number of nitrogens with one attached hydrogen (secondary N) is 2. The summed E-state index contributed by atoms with van der Waals surface area (Å²) in [4.78, 5) is 10.5. The van der Waals surface area contributed by atoms with Crippen molar-refractivity contribution in [1.29, 1.82) is 0 Å². The number of hydrogen-bond acceptors (Lipinski definition) is 3. The second-order valence-corrected chi connectivity index (χ2v) is 6.77. The third kappa shape index (κ3) is 7.32. The Hall–Kier alpha value is -1.15. The Morgan fingerprint density at radius 1 is 1.08 bits per heavy atom. The first-order valence-corrected chi connectivity index (χ1v) is 9.61. The van der Waals surface area contributed by atoms with E-state index < -0.39 is 0 Å². The molecule has 0 saturated heterocycles. The van der Waals surface area contributed by atoms with Gasteiger partial charge in [-0.3, -0.25) is 0 Å². The predicted octanol–water partition coefficient (Wildman–Crippen LogP) is 4.18. The molecule has 0 amide bonds. The Morgan fingerprint density at radius 2 is 1.84 bits per heavy atom. The van der Waals surface area contributed by atoms with Crippen LogP contribution in [0.2, 0.25) is 0 Å². The Kier molecular flexibility index (Phi) is 10.7. The maximum absolute atomic E-state index is 4.72. The summed E-state index contributed by atoms with van der Waals surface area (Å²) < 4.78 is 0. The average molecular weight is 472 g/mol. The van der Waals surface area contributed by atoms with Gasteiger partial charge in [-0.1, -0.05) is 38.1 Å². The highest BCUT2D eigenvalue weighted by Gasteiger charge is 2.03. The molecule has 25 heavy (non-hydrogen) atoms. The van der Waals surface area contributed by atoms with Crippen molar-refractivity contribution < 1.29 is 0 Å². The van der Waals surface area contributed by atoms with Crippen LogP contribution in [-0.2, 0) is 25.8 Å². The van der Waals surface area contributed by atoms with Gasteiger partial charge in [0.05, 0.1) is 11.6 Å². The lowest BCUT2D eigenvalue weighted by Crippen LogP contribution is -2.38. The van der Waals surface area contributed by atoms with Crippen molar-refractivity contribution in [3.05, 3.63) is 51.5 Å². The third-order valence-electron chi connectivity index (χ3n) is 3.83. The van der Waals surface area contributed by atoms with Gasteiger partial charge in [0.15, 0.2) is 5.96 Å². The van der Waals surface area contributed by atoms with Crippen LogP contribution in [0.4, 0.5) is 0 Å². The summed E-state index contributed by atoms with van der Waals surface area (Å²) in [5, 5.41) is 7.91. The highest BCUT2D eigenvalue weighted by atomic mass is 127. The zero-order valence-corrected chi connectivity index (χ0v) is 18.5. The van der Waals surface area contributed by atoms with Crippen LogP contribution in [0.5, 0.6) is 0 Å². The van der Waals surface area contributed by atoms with Gasteiger partial charge in [0.1, 0.15) is 0 Å². The Bertz CT molecular complexity index is 654. The van der Waals surface area contributed by atoms with E-state index in [9.17, 15) is 0 Å². The molecule has 1 heterocycles. The number of rotatable bonds is 8. The number of hydrogen-bond donors (Lipinski definition) is 2. The van der Waals surface area contributed by atoms with Gasteiger partial charge in [-0.25, -0.2) is 9.98 Å². The molecule has 2 aromatic rings. The fourth-order valence-electron chi connectivity index (χ4n) is 2.48. The van der Waals surface area contributed by atoms with Gasteiger partial charge >= 0.3 is 0 Å². The Labute approximate surface area is 172 Å². The fraction of sp³-hybridized carbons (Fsp3) is 0.474. The van der Waals surface area contributed by atoms with Crippen LogP contribution in [0.3, 0.4) is 0 Å². The van der Waals surface area contributed by atoms with Gasteiger partial charge in [0, 0.05) is 30.6 Å². The van der Waals surface area contributed by atoms with Gasteiger partial charge in [0.25, 0.3) is 0 Å². The van der Waals surface area contributed by atoms with E-state index in [1.165, 1.54) is 21.0 Å². The smallest absolute Gasteiger partial charge is 0.191 e. The SMILES string of the molecule is CCNC(=NCc1ccccc1CC)NCCc1ncc(CC)s1.I. The molecule has 138 valence electrons. The van der Waals surface area contributed by atoms with E-state index in [1.807, 2.05) is 6.20 Å². The van der Waals surface area contributed by atoms with Crippen molar-refractivity contribution in [2.45, 2.75) is 46.6 Å². The lowest BCUT2D eigenvalue weighted by Gasteiger charge is -2.11. The Balaban J connectivity index is 0.00000312. The third-order valence-corrected chi connectivity index (χ3v) is 5.03. The van der Waals surface area contributed by atoms with Gasteiger partial charge < -0.3 is 10.6 Å².